The number of carbonyl (C=O) groups is 2. The Bertz CT molecular complexity index is 515. The average molecular weight is 286 g/mol. The Labute approximate surface area is 114 Å². The number of carbonyl (C=O) groups excluding carboxylic acids is 2. The number of benzene rings is 1. The third-order valence-corrected chi connectivity index (χ3v) is 2.60. The molecule has 0 saturated heterocycles. The maximum atomic E-state index is 11.6. The highest BCUT2D eigenvalue weighted by Crippen LogP contribution is 2.21. The molecule has 6 nitrogen and oxygen atoms in total. The molecule has 19 heavy (non-hydrogen) atoms. The van der Waals surface area contributed by atoms with Crippen LogP contribution in [0.15, 0.2) is 18.2 Å². The summed E-state index contributed by atoms with van der Waals surface area (Å²) in [5.74, 6) is -1.16. The van der Waals surface area contributed by atoms with E-state index in [1.165, 1.54) is 18.2 Å². The van der Waals surface area contributed by atoms with E-state index in [0.29, 0.717) is 5.56 Å². The molecule has 0 radical (unpaired) electrons. The summed E-state index contributed by atoms with van der Waals surface area (Å²) in [5.41, 5.74) is -0.0217. The molecule has 1 rings (SSSR count). The second-order valence-corrected chi connectivity index (χ2v) is 3.95. The van der Waals surface area contributed by atoms with Gasteiger partial charge in [-0.15, -0.1) is 11.6 Å². The topological polar surface area (TPSA) is 86.5 Å². The van der Waals surface area contributed by atoms with Gasteiger partial charge < -0.3 is 4.74 Å². The minimum Gasteiger partial charge on any atom is -0.462 e. The molecule has 0 bridgehead atoms. The number of Topliss-reactive ketones (excluding diaryl/α,β-unsaturated/α-hetero) is 1. The molecule has 0 spiro atoms. The minimum atomic E-state index is -0.783. The molecule has 0 aliphatic rings. The van der Waals surface area contributed by atoms with E-state index in [0.717, 1.165) is 0 Å². The number of ketones is 1. The van der Waals surface area contributed by atoms with Gasteiger partial charge in [-0.3, -0.25) is 14.9 Å². The van der Waals surface area contributed by atoms with E-state index in [4.69, 9.17) is 16.3 Å². The van der Waals surface area contributed by atoms with Gasteiger partial charge in [0.15, 0.2) is 5.78 Å². The first kappa shape index (κ1) is 15.1. The van der Waals surface area contributed by atoms with Gasteiger partial charge in [0.2, 0.25) is 0 Å². The number of nitro benzene ring substituents is 1. The van der Waals surface area contributed by atoms with E-state index in [1.807, 2.05) is 0 Å². The smallest absolute Gasteiger partial charge is 0.345 e. The van der Waals surface area contributed by atoms with Crippen molar-refractivity contribution in [2.75, 3.05) is 12.5 Å². The van der Waals surface area contributed by atoms with Crippen LogP contribution in [0.1, 0.15) is 22.8 Å². The number of hydrogen-bond acceptors (Lipinski definition) is 5. The lowest BCUT2D eigenvalue weighted by Crippen LogP contribution is -2.10. The first-order chi connectivity index (χ1) is 8.99. The zero-order chi connectivity index (χ0) is 14.4. The monoisotopic (exact) mass is 285 g/mol. The number of halogens is 1. The van der Waals surface area contributed by atoms with Crippen molar-refractivity contribution in [1.82, 2.24) is 0 Å². The normalized spacial score (nSPS) is 10.0. The third kappa shape index (κ3) is 4.03. The summed E-state index contributed by atoms with van der Waals surface area (Å²) in [6, 6.07) is 3.90. The molecular weight excluding hydrogens is 274 g/mol. The molecule has 0 aromatic heterocycles. The van der Waals surface area contributed by atoms with Crippen LogP contribution in [0.4, 0.5) is 5.69 Å². The fourth-order valence-electron chi connectivity index (χ4n) is 1.50. The summed E-state index contributed by atoms with van der Waals surface area (Å²) in [7, 11) is 0. The van der Waals surface area contributed by atoms with Gasteiger partial charge in [-0.25, -0.2) is 4.79 Å². The molecule has 0 saturated carbocycles. The Kier molecular flexibility index (Phi) is 5.44. The third-order valence-electron chi connectivity index (χ3n) is 2.30. The summed E-state index contributed by atoms with van der Waals surface area (Å²) >= 11 is 5.39. The molecule has 0 aliphatic carbocycles. The van der Waals surface area contributed by atoms with Crippen LogP contribution in [0, 0.1) is 10.1 Å². The molecule has 102 valence electrons. The molecule has 0 N–H and O–H groups in total. The highest BCUT2D eigenvalue weighted by molar-refractivity contribution is 6.27. The fourth-order valence-corrected chi connectivity index (χ4v) is 1.59. The minimum absolute atomic E-state index is 0.0217. The molecule has 0 heterocycles. The lowest BCUT2D eigenvalue weighted by atomic mass is 10.0. The largest absolute Gasteiger partial charge is 0.462 e. The maximum Gasteiger partial charge on any atom is 0.345 e. The fraction of sp³-hybridized carbons (Fsp3) is 0.333. The van der Waals surface area contributed by atoms with Crippen LogP contribution in [0.25, 0.3) is 0 Å². The maximum absolute atomic E-state index is 11.6. The van der Waals surface area contributed by atoms with E-state index >= 15 is 0 Å². The number of hydrogen-bond donors (Lipinski definition) is 0. The second kappa shape index (κ2) is 6.84. The Balaban J connectivity index is 3.14. The van der Waals surface area contributed by atoms with Gasteiger partial charge in [-0.1, -0.05) is 6.07 Å². The molecule has 1 aromatic carbocycles. The predicted octanol–water partition coefficient (Wildman–Crippen LogP) is 2.12. The van der Waals surface area contributed by atoms with Crippen molar-refractivity contribution in [3.8, 4) is 0 Å². The lowest BCUT2D eigenvalue weighted by Gasteiger charge is -2.05. The lowest BCUT2D eigenvalue weighted by molar-refractivity contribution is -0.385. The van der Waals surface area contributed by atoms with E-state index in [2.05, 4.69) is 0 Å². The van der Waals surface area contributed by atoms with Gasteiger partial charge in [0.05, 0.1) is 17.4 Å². The summed E-state index contributed by atoms with van der Waals surface area (Å²) in [4.78, 5) is 33.0. The highest BCUT2D eigenvalue weighted by atomic mass is 35.5. The summed E-state index contributed by atoms with van der Waals surface area (Å²) in [5, 5.41) is 10.8. The van der Waals surface area contributed by atoms with E-state index in [1.54, 1.807) is 6.92 Å². The number of nitro groups is 1. The van der Waals surface area contributed by atoms with Crippen LogP contribution in [-0.2, 0) is 16.0 Å². The molecular formula is C12H12ClNO5. The van der Waals surface area contributed by atoms with Gasteiger partial charge in [-0.05, 0) is 18.6 Å². The van der Waals surface area contributed by atoms with Gasteiger partial charge >= 0.3 is 5.97 Å². The van der Waals surface area contributed by atoms with E-state index < -0.39 is 10.9 Å². The van der Waals surface area contributed by atoms with Crippen molar-refractivity contribution in [1.29, 1.82) is 0 Å². The Morgan fingerprint density at radius 2 is 2.11 bits per heavy atom. The quantitative estimate of drug-likeness (QED) is 0.346. The van der Waals surface area contributed by atoms with Crippen LogP contribution < -0.4 is 0 Å². The van der Waals surface area contributed by atoms with Crippen molar-refractivity contribution in [2.24, 2.45) is 0 Å². The second-order valence-electron chi connectivity index (χ2n) is 3.68. The van der Waals surface area contributed by atoms with Gasteiger partial charge in [0.1, 0.15) is 5.56 Å². The first-order valence-corrected chi connectivity index (χ1v) is 6.05. The standard InChI is InChI=1S/C12H12ClNO5/c1-2-19-12(16)10-6-8(5-9(15)7-13)3-4-11(10)14(17)18/h3-4,6H,2,5,7H2,1H3. The Hall–Kier alpha value is -1.95. The zero-order valence-electron chi connectivity index (χ0n) is 10.2. The molecule has 0 fully saturated rings. The SMILES string of the molecule is CCOC(=O)c1cc(CC(=O)CCl)ccc1[N+](=O)[O-]. The van der Waals surface area contributed by atoms with Crippen LogP contribution in [0.3, 0.4) is 0 Å². The number of ether oxygens (including phenoxy) is 1. The number of alkyl halides is 1. The summed E-state index contributed by atoms with van der Waals surface area (Å²) in [6.45, 7) is 1.71. The van der Waals surface area contributed by atoms with Gasteiger partial charge in [0, 0.05) is 12.5 Å². The van der Waals surface area contributed by atoms with Crippen LogP contribution in [0.5, 0.6) is 0 Å². The summed E-state index contributed by atoms with van der Waals surface area (Å²) < 4.78 is 4.75. The molecule has 0 aliphatic heterocycles. The number of esters is 1. The zero-order valence-corrected chi connectivity index (χ0v) is 11.0. The van der Waals surface area contributed by atoms with Crippen molar-refractivity contribution in [3.63, 3.8) is 0 Å². The van der Waals surface area contributed by atoms with E-state index in [-0.39, 0.29) is 35.9 Å². The van der Waals surface area contributed by atoms with Crippen molar-refractivity contribution >= 4 is 29.0 Å². The highest BCUT2D eigenvalue weighted by Gasteiger charge is 2.22. The molecule has 0 unspecified atom stereocenters. The van der Waals surface area contributed by atoms with Crippen LogP contribution >= 0.6 is 11.6 Å². The average Bonchev–Trinajstić information content (AvgIpc) is 2.38. The molecule has 1 aromatic rings. The van der Waals surface area contributed by atoms with Crippen LogP contribution in [-0.4, -0.2) is 29.2 Å². The Morgan fingerprint density at radius 3 is 2.63 bits per heavy atom. The number of nitrogens with zero attached hydrogens (tertiary/aromatic N) is 1. The van der Waals surface area contributed by atoms with Crippen LogP contribution in [0.2, 0.25) is 0 Å². The molecule has 0 amide bonds. The van der Waals surface area contributed by atoms with Gasteiger partial charge in [0.25, 0.3) is 5.69 Å². The Morgan fingerprint density at radius 1 is 1.42 bits per heavy atom. The summed E-state index contributed by atoms with van der Waals surface area (Å²) in [6.07, 6.45) is 0.0217. The van der Waals surface area contributed by atoms with E-state index in [9.17, 15) is 19.7 Å². The first-order valence-electron chi connectivity index (χ1n) is 5.51. The van der Waals surface area contributed by atoms with Gasteiger partial charge in [-0.2, -0.15) is 0 Å². The van der Waals surface area contributed by atoms with Crippen molar-refractivity contribution in [2.45, 2.75) is 13.3 Å². The van der Waals surface area contributed by atoms with Crippen molar-refractivity contribution in [3.05, 3.63) is 39.4 Å². The predicted molar refractivity (Wildman–Crippen MR) is 68.5 cm³/mol. The van der Waals surface area contributed by atoms with Crippen molar-refractivity contribution < 1.29 is 19.2 Å². The number of rotatable bonds is 6. The molecule has 7 heteroatoms. The molecule has 0 atom stereocenters.